The van der Waals surface area contributed by atoms with Crippen molar-refractivity contribution in [2.45, 2.75) is 6.92 Å². The monoisotopic (exact) mass is 232 g/mol. The van der Waals surface area contributed by atoms with Crippen molar-refractivity contribution in [2.75, 3.05) is 11.9 Å². The average Bonchev–Trinajstić information content (AvgIpc) is 2.75. The Bertz CT molecular complexity index is 493. The van der Waals surface area contributed by atoms with Gasteiger partial charge < -0.3 is 0 Å². The van der Waals surface area contributed by atoms with Crippen molar-refractivity contribution in [3.05, 3.63) is 47.0 Å². The number of nitrogens with zero attached hydrogens (tertiary/aromatic N) is 2. The van der Waals surface area contributed by atoms with Gasteiger partial charge in [-0.25, -0.2) is 4.98 Å². The lowest BCUT2D eigenvalue weighted by Crippen LogP contribution is -2.25. The molecule has 0 spiro atoms. The number of hydrogen-bond donors (Lipinski definition) is 0. The Labute approximate surface area is 98.4 Å². The Balaban J connectivity index is 2.23. The van der Waals surface area contributed by atoms with Gasteiger partial charge in [0.1, 0.15) is 0 Å². The number of amides is 1. The van der Waals surface area contributed by atoms with Crippen LogP contribution in [0.1, 0.15) is 16.1 Å². The first-order valence-corrected chi connectivity index (χ1v) is 5.81. The van der Waals surface area contributed by atoms with Crippen LogP contribution < -0.4 is 4.90 Å². The maximum atomic E-state index is 12.0. The normalized spacial score (nSPS) is 10.1. The Morgan fingerprint density at radius 3 is 2.56 bits per heavy atom. The molecule has 0 aliphatic rings. The van der Waals surface area contributed by atoms with Gasteiger partial charge in [-0.2, -0.15) is 0 Å². The molecule has 3 nitrogen and oxygen atoms in total. The maximum absolute atomic E-state index is 12.0. The fourth-order valence-electron chi connectivity index (χ4n) is 1.36. The molecule has 1 heterocycles. The number of anilines is 1. The van der Waals surface area contributed by atoms with Crippen LogP contribution in [0.25, 0.3) is 0 Å². The standard InChI is InChI=1S/C12H12N2OS/c1-9-8-16-12(13-9)14(2)11(15)10-6-4-3-5-7-10/h3-8H,1-2H3. The summed E-state index contributed by atoms with van der Waals surface area (Å²) in [5.74, 6) is -0.0325. The van der Waals surface area contributed by atoms with Crippen molar-refractivity contribution in [1.29, 1.82) is 0 Å². The zero-order valence-corrected chi connectivity index (χ0v) is 9.99. The SMILES string of the molecule is Cc1csc(N(C)C(=O)c2ccccc2)n1. The molecule has 82 valence electrons. The summed E-state index contributed by atoms with van der Waals surface area (Å²) in [7, 11) is 1.74. The van der Waals surface area contributed by atoms with Crippen molar-refractivity contribution in [1.82, 2.24) is 4.98 Å². The smallest absolute Gasteiger partial charge is 0.259 e. The van der Waals surface area contributed by atoms with Gasteiger partial charge in [0.25, 0.3) is 5.91 Å². The van der Waals surface area contributed by atoms with Gasteiger partial charge in [-0.1, -0.05) is 18.2 Å². The van der Waals surface area contributed by atoms with E-state index in [-0.39, 0.29) is 5.91 Å². The summed E-state index contributed by atoms with van der Waals surface area (Å²) in [6, 6.07) is 9.21. The fraction of sp³-hybridized carbons (Fsp3) is 0.167. The third kappa shape index (κ3) is 2.12. The molecule has 0 saturated heterocycles. The predicted octanol–water partition coefficient (Wildman–Crippen LogP) is 2.73. The van der Waals surface area contributed by atoms with Gasteiger partial charge in [0.05, 0.1) is 5.69 Å². The molecule has 1 aromatic carbocycles. The van der Waals surface area contributed by atoms with Gasteiger partial charge in [0.2, 0.25) is 0 Å². The number of thiazole rings is 1. The molecule has 2 rings (SSSR count). The van der Waals surface area contributed by atoms with Crippen LogP contribution in [0.3, 0.4) is 0 Å². The van der Waals surface area contributed by atoms with Crippen LogP contribution in [-0.4, -0.2) is 17.9 Å². The van der Waals surface area contributed by atoms with Gasteiger partial charge in [-0.15, -0.1) is 11.3 Å². The van der Waals surface area contributed by atoms with Gasteiger partial charge in [0.15, 0.2) is 5.13 Å². The number of carbonyl (C=O) groups is 1. The van der Waals surface area contributed by atoms with Gasteiger partial charge in [0, 0.05) is 18.0 Å². The Kier molecular flexibility index (Phi) is 3.01. The summed E-state index contributed by atoms with van der Waals surface area (Å²) in [4.78, 5) is 17.9. The summed E-state index contributed by atoms with van der Waals surface area (Å²) in [6.45, 7) is 1.92. The molecule has 0 N–H and O–H groups in total. The number of carbonyl (C=O) groups excluding carboxylic acids is 1. The lowest BCUT2D eigenvalue weighted by molar-refractivity contribution is 0.0993. The van der Waals surface area contributed by atoms with Crippen LogP contribution in [-0.2, 0) is 0 Å². The summed E-state index contributed by atoms with van der Waals surface area (Å²) >= 11 is 1.47. The quantitative estimate of drug-likeness (QED) is 0.797. The minimum absolute atomic E-state index is 0.0325. The Morgan fingerprint density at radius 2 is 2.00 bits per heavy atom. The summed E-state index contributed by atoms with van der Waals surface area (Å²) in [5, 5.41) is 2.66. The highest BCUT2D eigenvalue weighted by molar-refractivity contribution is 7.14. The van der Waals surface area contributed by atoms with Gasteiger partial charge >= 0.3 is 0 Å². The lowest BCUT2D eigenvalue weighted by atomic mass is 10.2. The number of aryl methyl sites for hydroxylation is 1. The van der Waals surface area contributed by atoms with Crippen molar-refractivity contribution >= 4 is 22.4 Å². The van der Waals surface area contributed by atoms with Gasteiger partial charge in [-0.05, 0) is 19.1 Å². The van der Waals surface area contributed by atoms with E-state index in [1.165, 1.54) is 11.3 Å². The molecule has 0 saturated carbocycles. The van der Waals surface area contributed by atoms with E-state index in [9.17, 15) is 4.79 Å². The molecule has 4 heteroatoms. The second kappa shape index (κ2) is 4.45. The third-order valence-electron chi connectivity index (χ3n) is 2.22. The molecule has 16 heavy (non-hydrogen) atoms. The maximum Gasteiger partial charge on any atom is 0.259 e. The molecule has 0 bridgehead atoms. The second-order valence-corrected chi connectivity index (χ2v) is 4.34. The third-order valence-corrected chi connectivity index (χ3v) is 3.25. The molecule has 0 atom stereocenters. The molecular weight excluding hydrogens is 220 g/mol. The first-order chi connectivity index (χ1) is 7.68. The number of aromatic nitrogens is 1. The minimum Gasteiger partial charge on any atom is -0.287 e. The largest absolute Gasteiger partial charge is 0.287 e. The van der Waals surface area contributed by atoms with E-state index in [2.05, 4.69) is 4.98 Å². The summed E-state index contributed by atoms with van der Waals surface area (Å²) in [6.07, 6.45) is 0. The Hall–Kier alpha value is -1.68. The molecule has 2 aromatic rings. The molecule has 0 radical (unpaired) electrons. The van der Waals surface area contributed by atoms with E-state index in [0.29, 0.717) is 5.56 Å². The first-order valence-electron chi connectivity index (χ1n) is 4.93. The summed E-state index contributed by atoms with van der Waals surface area (Å²) in [5.41, 5.74) is 1.62. The molecule has 1 aromatic heterocycles. The molecule has 0 fully saturated rings. The van der Waals surface area contributed by atoms with Crippen LogP contribution in [0.5, 0.6) is 0 Å². The van der Waals surface area contributed by atoms with E-state index in [1.807, 2.05) is 30.5 Å². The van der Waals surface area contributed by atoms with Crippen LogP contribution in [0.15, 0.2) is 35.7 Å². The first kappa shape index (κ1) is 10.8. The van der Waals surface area contributed by atoms with Crippen LogP contribution in [0, 0.1) is 6.92 Å². The number of hydrogen-bond acceptors (Lipinski definition) is 3. The summed E-state index contributed by atoms with van der Waals surface area (Å²) < 4.78 is 0. The number of benzene rings is 1. The van der Waals surface area contributed by atoms with Crippen molar-refractivity contribution in [3.63, 3.8) is 0 Å². The topological polar surface area (TPSA) is 33.2 Å². The molecule has 0 unspecified atom stereocenters. The highest BCUT2D eigenvalue weighted by Crippen LogP contribution is 2.20. The zero-order chi connectivity index (χ0) is 11.5. The molecule has 1 amide bonds. The average molecular weight is 232 g/mol. The van der Waals surface area contributed by atoms with Crippen LogP contribution in [0.4, 0.5) is 5.13 Å². The number of rotatable bonds is 2. The van der Waals surface area contributed by atoms with E-state index >= 15 is 0 Å². The minimum atomic E-state index is -0.0325. The van der Waals surface area contributed by atoms with E-state index in [1.54, 1.807) is 24.1 Å². The van der Waals surface area contributed by atoms with Gasteiger partial charge in [-0.3, -0.25) is 9.69 Å². The lowest BCUT2D eigenvalue weighted by Gasteiger charge is -2.13. The van der Waals surface area contributed by atoms with E-state index < -0.39 is 0 Å². The van der Waals surface area contributed by atoms with Crippen LogP contribution >= 0.6 is 11.3 Å². The van der Waals surface area contributed by atoms with Crippen LogP contribution in [0.2, 0.25) is 0 Å². The van der Waals surface area contributed by atoms with E-state index in [0.717, 1.165) is 10.8 Å². The highest BCUT2D eigenvalue weighted by atomic mass is 32.1. The van der Waals surface area contributed by atoms with Crippen molar-refractivity contribution < 1.29 is 4.79 Å². The zero-order valence-electron chi connectivity index (χ0n) is 9.18. The molecule has 0 aliphatic carbocycles. The predicted molar refractivity (Wildman–Crippen MR) is 66.0 cm³/mol. The van der Waals surface area contributed by atoms with E-state index in [4.69, 9.17) is 0 Å². The fourth-order valence-corrected chi connectivity index (χ4v) is 2.12. The Morgan fingerprint density at radius 1 is 1.31 bits per heavy atom. The highest BCUT2D eigenvalue weighted by Gasteiger charge is 2.15. The van der Waals surface area contributed by atoms with Crippen molar-refractivity contribution in [2.24, 2.45) is 0 Å². The molecule has 0 aliphatic heterocycles. The van der Waals surface area contributed by atoms with Crippen molar-refractivity contribution in [3.8, 4) is 0 Å². The second-order valence-electron chi connectivity index (χ2n) is 3.50. The molecular formula is C12H12N2OS.